The summed E-state index contributed by atoms with van der Waals surface area (Å²) < 4.78 is 0. The van der Waals surface area contributed by atoms with Crippen LogP contribution >= 0.6 is 30.5 Å². The van der Waals surface area contributed by atoms with Gasteiger partial charge in [-0.3, -0.25) is 0 Å². The molecule has 1 fully saturated rings. The molecule has 0 unspecified atom stereocenters. The van der Waals surface area contributed by atoms with Gasteiger partial charge in [0.05, 0.1) is 12.3 Å². The van der Waals surface area contributed by atoms with Crippen LogP contribution in [0.25, 0.3) is 0 Å². The fourth-order valence-electron chi connectivity index (χ4n) is 7.83. The van der Waals surface area contributed by atoms with Crippen molar-refractivity contribution in [2.45, 2.75) is 48.0 Å². The fraction of sp³-hybridized carbons (Fsp3) is 0.294. The van der Waals surface area contributed by atoms with Gasteiger partial charge in [0.2, 0.25) is 0 Å². The summed E-state index contributed by atoms with van der Waals surface area (Å²) in [6.07, 6.45) is 7.43. The zero-order chi connectivity index (χ0) is 36.4. The van der Waals surface area contributed by atoms with Crippen LogP contribution in [0.15, 0.2) is 182 Å². The highest BCUT2D eigenvalue weighted by Crippen LogP contribution is 2.57. The van der Waals surface area contributed by atoms with Gasteiger partial charge in [0.25, 0.3) is 0 Å². The fourth-order valence-corrected chi connectivity index (χ4v) is 17.0. The van der Waals surface area contributed by atoms with Crippen molar-refractivity contribution < 1.29 is 34.0 Å². The number of nitrogens with zero attached hydrogens (tertiary/aromatic N) is 1. The number of unbranched alkanes of at least 4 members (excludes halogenated alkanes) is 2. The van der Waals surface area contributed by atoms with E-state index in [1.54, 1.807) is 0 Å². The third-order valence-corrected chi connectivity index (χ3v) is 20.1. The van der Waals surface area contributed by atoms with E-state index < -0.39 is 14.5 Å². The Kier molecular flexibility index (Phi) is 26.7. The lowest BCUT2D eigenvalue weighted by Crippen LogP contribution is -3.00. The predicted octanol–water partition coefficient (Wildman–Crippen LogP) is 4.74. The summed E-state index contributed by atoms with van der Waals surface area (Å²) in [6, 6.07) is 67.1. The number of benzene rings is 6. The van der Waals surface area contributed by atoms with Gasteiger partial charge in [-0.05, 0) is 105 Å². The number of rotatable bonds is 15. The minimum Gasteiger partial charge on any atom is -1.00 e. The molecule has 0 spiro atoms. The second-order valence-electron chi connectivity index (χ2n) is 13.8. The molecule has 6 aromatic carbocycles. The van der Waals surface area contributed by atoms with Gasteiger partial charge >= 0.3 is 0 Å². The van der Waals surface area contributed by atoms with Crippen molar-refractivity contribution in [3.05, 3.63) is 182 Å². The molecular formula is C51H67Br3N2P2. The number of piperazine rings is 1. The van der Waals surface area contributed by atoms with Crippen LogP contribution in [0, 0.1) is 0 Å². The summed E-state index contributed by atoms with van der Waals surface area (Å²) in [7, 11) is -3.26. The lowest BCUT2D eigenvalue weighted by molar-refractivity contribution is -0.00100. The molecule has 1 heterocycles. The van der Waals surface area contributed by atoms with Crippen LogP contribution in [-0.2, 0) is 0 Å². The van der Waals surface area contributed by atoms with Gasteiger partial charge in [-0.2, -0.15) is 0 Å². The van der Waals surface area contributed by atoms with Gasteiger partial charge in [0.15, 0.2) is 0 Å². The number of nitrogens with one attached hydrogen (secondary N) is 1. The average molecular weight is 1010 g/mol. The third-order valence-electron chi connectivity index (χ3n) is 10.5. The second kappa shape index (κ2) is 28.9. The molecule has 2 nitrogen and oxygen atoms in total. The standard InChI is InChI=1S/C26H32N2P.C22H23BrP.3CH4.2BrH/c1-4-12-24(13-5-1)29(25-14-6-2-7-15-25,26-16-8-3-9-17-26)23-11-10-20-28-21-18-27-19-22-28;23-18-10-11-19-24(20-12-4-1-5-13-20,21-14-6-2-7-15-21)22-16-8-3-9-17-22;;;;;/h1-9,12-17,27H,10-11,18-23H2;1-9,12-17H,10-11,18-19H2;3*1H4;2*1H/q2*+1;;;;;/p-2. The van der Waals surface area contributed by atoms with E-state index in [-0.39, 0.29) is 56.2 Å². The van der Waals surface area contributed by atoms with E-state index in [1.165, 1.54) is 89.5 Å². The minimum atomic E-state index is -1.65. The van der Waals surface area contributed by atoms with Crippen LogP contribution in [0.1, 0.15) is 48.0 Å². The molecule has 0 amide bonds. The van der Waals surface area contributed by atoms with Gasteiger partial charge < -0.3 is 44.2 Å². The highest BCUT2D eigenvalue weighted by Gasteiger charge is 2.45. The topological polar surface area (TPSA) is 15.3 Å². The maximum absolute atomic E-state index is 3.60. The average Bonchev–Trinajstić information content (AvgIpc) is 3.25. The van der Waals surface area contributed by atoms with Crippen LogP contribution < -0.4 is 71.1 Å². The van der Waals surface area contributed by atoms with Crippen LogP contribution in [-0.4, -0.2) is 55.3 Å². The van der Waals surface area contributed by atoms with Crippen molar-refractivity contribution >= 4 is 62.3 Å². The lowest BCUT2D eigenvalue weighted by Gasteiger charge is -2.29. The Morgan fingerprint density at radius 1 is 0.397 bits per heavy atom. The van der Waals surface area contributed by atoms with Crippen molar-refractivity contribution in [3.63, 3.8) is 0 Å². The summed E-state index contributed by atoms with van der Waals surface area (Å²) in [5, 5.41) is 13.5. The van der Waals surface area contributed by atoms with E-state index in [1.807, 2.05) is 0 Å². The molecule has 0 atom stereocenters. The summed E-state index contributed by atoms with van der Waals surface area (Å²) in [4.78, 5) is 2.62. The summed E-state index contributed by atoms with van der Waals surface area (Å²) in [6.45, 7) is 5.87. The molecule has 0 radical (unpaired) electrons. The highest BCUT2D eigenvalue weighted by molar-refractivity contribution is 9.09. The molecule has 58 heavy (non-hydrogen) atoms. The van der Waals surface area contributed by atoms with Crippen molar-refractivity contribution in [1.29, 1.82) is 0 Å². The monoisotopic (exact) mass is 1010 g/mol. The van der Waals surface area contributed by atoms with E-state index >= 15 is 0 Å². The summed E-state index contributed by atoms with van der Waals surface area (Å²) in [5.41, 5.74) is 0. The molecule has 0 aromatic heterocycles. The molecule has 7 heteroatoms. The molecule has 1 aliphatic rings. The van der Waals surface area contributed by atoms with Gasteiger partial charge in [0, 0.05) is 31.5 Å². The van der Waals surface area contributed by atoms with Crippen molar-refractivity contribution in [2.24, 2.45) is 0 Å². The van der Waals surface area contributed by atoms with Crippen molar-refractivity contribution in [2.75, 3.05) is 50.4 Å². The number of hydrogen-bond donors (Lipinski definition) is 1. The Morgan fingerprint density at radius 2 is 0.655 bits per heavy atom. The number of halogens is 3. The molecule has 1 N–H and O–H groups in total. The van der Waals surface area contributed by atoms with Crippen LogP contribution in [0.3, 0.4) is 0 Å². The quantitative estimate of drug-likeness (QED) is 0.0911. The Balaban J connectivity index is 0.000000542. The molecule has 1 saturated heterocycles. The zero-order valence-electron chi connectivity index (χ0n) is 31.8. The Labute approximate surface area is 384 Å². The first kappa shape index (κ1) is 53.6. The maximum Gasteiger partial charge on any atom is 0.112 e. The normalized spacial score (nSPS) is 12.4. The van der Waals surface area contributed by atoms with Crippen molar-refractivity contribution in [1.82, 2.24) is 10.2 Å². The number of alkyl halides is 1. The van der Waals surface area contributed by atoms with E-state index in [4.69, 9.17) is 0 Å². The van der Waals surface area contributed by atoms with Gasteiger partial charge in [-0.1, -0.05) is 147 Å². The Bertz CT molecular complexity index is 1670. The SMILES string of the molecule is BrCCCC[P+](c1ccccc1)(c1ccccc1)c1ccccc1.C.C.C.[Br-].[Br-].c1ccc([P+](CCCCN2CCNCC2)(c2ccccc2)c2ccccc2)cc1. The molecule has 6 aromatic rings. The van der Waals surface area contributed by atoms with Crippen LogP contribution in [0.2, 0.25) is 0 Å². The first-order valence-corrected chi connectivity index (χ1v) is 24.4. The minimum absolute atomic E-state index is 0. The Hall–Kier alpha value is -2.46. The van der Waals surface area contributed by atoms with Gasteiger partial charge in [-0.15, -0.1) is 0 Å². The molecule has 0 saturated carbocycles. The van der Waals surface area contributed by atoms with Crippen LogP contribution in [0.5, 0.6) is 0 Å². The smallest absolute Gasteiger partial charge is 0.112 e. The highest BCUT2D eigenvalue weighted by atomic mass is 79.9. The molecule has 0 bridgehead atoms. The first-order valence-electron chi connectivity index (χ1n) is 19.4. The first-order chi connectivity index (χ1) is 26.3. The van der Waals surface area contributed by atoms with E-state index in [0.29, 0.717) is 0 Å². The van der Waals surface area contributed by atoms with E-state index in [0.717, 1.165) is 18.4 Å². The molecule has 7 rings (SSSR count). The second-order valence-corrected chi connectivity index (χ2v) is 21.8. The molecule has 0 aliphatic carbocycles. The van der Waals surface area contributed by atoms with Gasteiger partial charge in [0.1, 0.15) is 46.4 Å². The molecule has 1 aliphatic heterocycles. The predicted molar refractivity (Wildman–Crippen MR) is 262 cm³/mol. The van der Waals surface area contributed by atoms with E-state index in [9.17, 15) is 0 Å². The largest absolute Gasteiger partial charge is 1.00 e. The zero-order valence-corrected chi connectivity index (χ0v) is 38.3. The molecule has 312 valence electrons. The Morgan fingerprint density at radius 3 is 0.914 bits per heavy atom. The maximum atomic E-state index is 3.60. The van der Waals surface area contributed by atoms with E-state index in [2.05, 4.69) is 208 Å². The lowest BCUT2D eigenvalue weighted by atomic mass is 10.3. The van der Waals surface area contributed by atoms with Gasteiger partial charge in [-0.25, -0.2) is 0 Å². The van der Waals surface area contributed by atoms with Crippen molar-refractivity contribution in [3.8, 4) is 0 Å². The van der Waals surface area contributed by atoms with Crippen LogP contribution in [0.4, 0.5) is 0 Å². The summed E-state index contributed by atoms with van der Waals surface area (Å²) in [5.74, 6) is 0. The number of hydrogen-bond acceptors (Lipinski definition) is 2. The summed E-state index contributed by atoms with van der Waals surface area (Å²) >= 11 is 3.60. The third kappa shape index (κ3) is 13.8. The molecular weight excluding hydrogens is 942 g/mol.